The first-order valence-electron chi connectivity index (χ1n) is 9.04. The Morgan fingerprint density at radius 2 is 1.88 bits per heavy atom. The van der Waals surface area contributed by atoms with Crippen molar-refractivity contribution >= 4 is 29.6 Å². The van der Waals surface area contributed by atoms with Crippen molar-refractivity contribution in [3.05, 3.63) is 44.0 Å². The van der Waals surface area contributed by atoms with Gasteiger partial charge in [-0.15, -0.1) is 10.1 Å². The number of alkyl halides is 3. The SMILES string of the molecule is CC(=O)OC(CO[N+](=O)[O-])OC(=O)C1=Cc2cc(Cl)c(C(C)(C)C)cc2OC1C(F)(F)F. The molecule has 13 heteroatoms. The minimum Gasteiger partial charge on any atom is -0.475 e. The van der Waals surface area contributed by atoms with Crippen molar-refractivity contribution in [3.8, 4) is 5.75 Å². The Kier molecular flexibility index (Phi) is 7.28. The quantitative estimate of drug-likeness (QED) is 0.259. The molecule has 32 heavy (non-hydrogen) atoms. The zero-order chi connectivity index (χ0) is 24.4. The van der Waals surface area contributed by atoms with Crippen molar-refractivity contribution in [2.75, 3.05) is 6.61 Å². The second-order valence-corrected chi connectivity index (χ2v) is 8.13. The van der Waals surface area contributed by atoms with E-state index in [1.807, 2.05) is 20.8 Å². The highest BCUT2D eigenvalue weighted by molar-refractivity contribution is 6.31. The van der Waals surface area contributed by atoms with E-state index in [0.29, 0.717) is 5.56 Å². The number of hydrogen-bond acceptors (Lipinski definition) is 8. The molecular formula is C19H19ClF3NO8. The van der Waals surface area contributed by atoms with Crippen molar-refractivity contribution in [2.45, 2.75) is 51.7 Å². The topological polar surface area (TPSA) is 114 Å². The predicted molar refractivity (Wildman–Crippen MR) is 103 cm³/mol. The average molecular weight is 482 g/mol. The maximum atomic E-state index is 13.7. The molecule has 1 aromatic carbocycles. The van der Waals surface area contributed by atoms with Crippen LogP contribution in [0.25, 0.3) is 6.08 Å². The van der Waals surface area contributed by atoms with Gasteiger partial charge in [-0.3, -0.25) is 4.79 Å². The minimum absolute atomic E-state index is 0.0843. The molecule has 0 N–H and O–H groups in total. The number of esters is 2. The van der Waals surface area contributed by atoms with E-state index >= 15 is 0 Å². The van der Waals surface area contributed by atoms with E-state index in [1.54, 1.807) is 0 Å². The van der Waals surface area contributed by atoms with Crippen LogP contribution in [0, 0.1) is 10.1 Å². The Hall–Kier alpha value is -3.02. The molecule has 0 fully saturated rings. The molecule has 1 heterocycles. The lowest BCUT2D eigenvalue weighted by Crippen LogP contribution is -2.42. The lowest BCUT2D eigenvalue weighted by Gasteiger charge is -2.30. The fourth-order valence-electron chi connectivity index (χ4n) is 2.79. The lowest BCUT2D eigenvalue weighted by atomic mass is 9.85. The smallest absolute Gasteiger partial charge is 0.430 e. The Bertz CT molecular complexity index is 955. The molecule has 176 valence electrons. The van der Waals surface area contributed by atoms with Crippen LogP contribution < -0.4 is 4.74 Å². The van der Waals surface area contributed by atoms with E-state index in [-0.39, 0.29) is 16.3 Å². The Balaban J connectivity index is 2.44. The number of nitrogens with zero attached hydrogens (tertiary/aromatic N) is 1. The van der Waals surface area contributed by atoms with Crippen LogP contribution in [0.4, 0.5) is 13.2 Å². The number of benzene rings is 1. The molecule has 1 aliphatic heterocycles. The number of halogens is 4. The summed E-state index contributed by atoms with van der Waals surface area (Å²) in [4.78, 5) is 37.9. The van der Waals surface area contributed by atoms with Crippen LogP contribution in [0.5, 0.6) is 5.75 Å². The van der Waals surface area contributed by atoms with E-state index in [4.69, 9.17) is 21.1 Å². The van der Waals surface area contributed by atoms with Crippen LogP contribution in [0.15, 0.2) is 17.7 Å². The highest BCUT2D eigenvalue weighted by Crippen LogP contribution is 2.42. The molecular weight excluding hydrogens is 463 g/mol. The van der Waals surface area contributed by atoms with Gasteiger partial charge in [0.1, 0.15) is 5.75 Å². The van der Waals surface area contributed by atoms with E-state index in [0.717, 1.165) is 13.0 Å². The van der Waals surface area contributed by atoms with Crippen molar-refractivity contribution in [1.82, 2.24) is 0 Å². The molecule has 0 amide bonds. The third kappa shape index (κ3) is 6.25. The Morgan fingerprint density at radius 1 is 1.25 bits per heavy atom. The normalized spacial score (nSPS) is 16.8. The number of carbonyl (C=O) groups is 2. The number of ether oxygens (including phenoxy) is 3. The summed E-state index contributed by atoms with van der Waals surface area (Å²) >= 11 is 6.25. The van der Waals surface area contributed by atoms with E-state index in [2.05, 4.69) is 9.57 Å². The summed E-state index contributed by atoms with van der Waals surface area (Å²) in [5.74, 6) is -2.73. The molecule has 2 rings (SSSR count). The minimum atomic E-state index is -5.02. The first-order chi connectivity index (χ1) is 14.6. The van der Waals surface area contributed by atoms with Gasteiger partial charge in [0.15, 0.2) is 6.61 Å². The molecule has 0 spiro atoms. The fraction of sp³-hybridized carbons (Fsp3) is 0.474. The van der Waals surface area contributed by atoms with Gasteiger partial charge in [-0.1, -0.05) is 32.4 Å². The molecule has 0 bridgehead atoms. The van der Waals surface area contributed by atoms with Gasteiger partial charge in [0, 0.05) is 17.5 Å². The van der Waals surface area contributed by atoms with Crippen molar-refractivity contribution in [1.29, 1.82) is 0 Å². The first kappa shape index (κ1) is 25.2. The molecule has 1 aromatic rings. The van der Waals surface area contributed by atoms with Crippen LogP contribution >= 0.6 is 11.6 Å². The van der Waals surface area contributed by atoms with Gasteiger partial charge in [0.25, 0.3) is 11.4 Å². The molecule has 2 atom stereocenters. The summed E-state index contributed by atoms with van der Waals surface area (Å²) in [6.45, 7) is 5.29. The van der Waals surface area contributed by atoms with Gasteiger partial charge in [-0.05, 0) is 29.2 Å². The van der Waals surface area contributed by atoms with Crippen molar-refractivity contribution < 1.29 is 46.9 Å². The van der Waals surface area contributed by atoms with Gasteiger partial charge in [-0.25, -0.2) is 4.79 Å². The number of carbonyl (C=O) groups excluding carboxylic acids is 2. The summed E-state index contributed by atoms with van der Waals surface area (Å²) in [6.07, 6.45) is -8.80. The Morgan fingerprint density at radius 3 is 2.38 bits per heavy atom. The van der Waals surface area contributed by atoms with E-state index in [1.165, 1.54) is 12.1 Å². The van der Waals surface area contributed by atoms with Crippen LogP contribution in [0.1, 0.15) is 38.8 Å². The van der Waals surface area contributed by atoms with Gasteiger partial charge < -0.3 is 19.0 Å². The van der Waals surface area contributed by atoms with Gasteiger partial charge in [-0.2, -0.15) is 13.2 Å². The fourth-order valence-corrected chi connectivity index (χ4v) is 3.24. The molecule has 0 radical (unpaired) electrons. The third-order valence-corrected chi connectivity index (χ3v) is 4.44. The first-order valence-corrected chi connectivity index (χ1v) is 9.42. The van der Waals surface area contributed by atoms with Crippen LogP contribution in [0.2, 0.25) is 5.02 Å². The number of fused-ring (bicyclic) bond motifs is 1. The van der Waals surface area contributed by atoms with E-state index < -0.39 is 53.2 Å². The average Bonchev–Trinajstić information content (AvgIpc) is 2.62. The molecule has 2 unspecified atom stereocenters. The molecule has 9 nitrogen and oxygen atoms in total. The number of rotatable bonds is 6. The van der Waals surface area contributed by atoms with Gasteiger partial charge in [0.05, 0.1) is 5.57 Å². The second-order valence-electron chi connectivity index (χ2n) is 7.72. The second kappa shape index (κ2) is 9.23. The summed E-state index contributed by atoms with van der Waals surface area (Å²) in [7, 11) is 0. The summed E-state index contributed by atoms with van der Waals surface area (Å²) in [5, 5.41) is 9.33. The largest absolute Gasteiger partial charge is 0.475 e. The van der Waals surface area contributed by atoms with Crippen molar-refractivity contribution in [3.63, 3.8) is 0 Å². The molecule has 1 aliphatic rings. The van der Waals surface area contributed by atoms with Gasteiger partial charge >= 0.3 is 18.1 Å². The third-order valence-electron chi connectivity index (χ3n) is 4.13. The van der Waals surface area contributed by atoms with Crippen LogP contribution in [-0.4, -0.2) is 42.2 Å². The van der Waals surface area contributed by atoms with Crippen molar-refractivity contribution in [2.24, 2.45) is 0 Å². The van der Waals surface area contributed by atoms with E-state index in [9.17, 15) is 32.9 Å². The van der Waals surface area contributed by atoms with Crippen LogP contribution in [-0.2, 0) is 29.3 Å². The predicted octanol–water partition coefficient (Wildman–Crippen LogP) is 3.98. The summed E-state index contributed by atoms with van der Waals surface area (Å²) < 4.78 is 55.3. The molecule has 0 saturated heterocycles. The van der Waals surface area contributed by atoms with Gasteiger partial charge in [0.2, 0.25) is 6.10 Å². The lowest BCUT2D eigenvalue weighted by molar-refractivity contribution is -0.760. The summed E-state index contributed by atoms with van der Waals surface area (Å²) in [5.41, 5.74) is -0.852. The summed E-state index contributed by atoms with van der Waals surface area (Å²) in [6, 6.07) is 2.71. The van der Waals surface area contributed by atoms with Crippen LogP contribution in [0.3, 0.4) is 0 Å². The zero-order valence-electron chi connectivity index (χ0n) is 17.3. The molecule has 0 aromatic heterocycles. The number of hydrogen-bond donors (Lipinski definition) is 0. The molecule has 0 saturated carbocycles. The standard InChI is InChI=1S/C19H19ClF3NO8/c1-9(25)30-15(8-29-24(27)28)32-17(26)11-5-10-6-13(20)12(18(2,3)4)7-14(10)31-16(11)19(21,22)23/h5-7,15-16H,8H2,1-4H3. The zero-order valence-corrected chi connectivity index (χ0v) is 18.1. The maximum absolute atomic E-state index is 13.7. The molecule has 0 aliphatic carbocycles. The monoisotopic (exact) mass is 481 g/mol. The maximum Gasteiger partial charge on any atom is 0.430 e. The highest BCUT2D eigenvalue weighted by atomic mass is 35.5. The Labute approximate surface area is 185 Å². The highest BCUT2D eigenvalue weighted by Gasteiger charge is 2.49.